The van der Waals surface area contributed by atoms with Crippen LogP contribution >= 0.6 is 0 Å². The number of benzene rings is 1. The van der Waals surface area contributed by atoms with Gasteiger partial charge >= 0.3 is 0 Å². The predicted octanol–water partition coefficient (Wildman–Crippen LogP) is 1.18. The average molecular weight is 257 g/mol. The van der Waals surface area contributed by atoms with Crippen molar-refractivity contribution in [2.45, 2.75) is 6.29 Å². The highest BCUT2D eigenvalue weighted by Crippen LogP contribution is 2.17. The monoisotopic (exact) mass is 257 g/mol. The summed E-state index contributed by atoms with van der Waals surface area (Å²) in [7, 11) is 4.29. The second-order valence-corrected chi connectivity index (χ2v) is 3.46. The first-order valence-corrected chi connectivity index (χ1v) is 5.29. The van der Waals surface area contributed by atoms with Crippen molar-refractivity contribution in [1.29, 1.82) is 0 Å². The lowest BCUT2D eigenvalue weighted by molar-refractivity contribution is -0.0974. The van der Waals surface area contributed by atoms with Crippen molar-refractivity contribution in [3.63, 3.8) is 0 Å². The van der Waals surface area contributed by atoms with Gasteiger partial charge in [-0.15, -0.1) is 0 Å². The molecule has 0 unspecified atom stereocenters. The number of hydrogen-bond donors (Lipinski definition) is 1. The standard InChI is InChI=1S/C12H16FNO4/c1-16-10-5-4-8(6-9(10)13)12(15)14-7-11(17-2)18-3/h4-6,11H,7H2,1-3H3,(H,14,15). The largest absolute Gasteiger partial charge is 0.494 e. The van der Waals surface area contributed by atoms with Crippen molar-refractivity contribution in [2.24, 2.45) is 0 Å². The fourth-order valence-corrected chi connectivity index (χ4v) is 1.35. The van der Waals surface area contributed by atoms with Crippen LogP contribution in [-0.4, -0.2) is 40.1 Å². The topological polar surface area (TPSA) is 56.8 Å². The molecule has 0 bridgehead atoms. The molecule has 0 spiro atoms. The van der Waals surface area contributed by atoms with Gasteiger partial charge in [-0.3, -0.25) is 4.79 Å². The molecule has 1 rings (SSSR count). The Morgan fingerprint density at radius 2 is 2.00 bits per heavy atom. The molecule has 0 aliphatic heterocycles. The number of rotatable bonds is 6. The van der Waals surface area contributed by atoms with E-state index in [1.165, 1.54) is 33.5 Å². The van der Waals surface area contributed by atoms with Gasteiger partial charge in [0.25, 0.3) is 5.91 Å². The molecule has 0 radical (unpaired) electrons. The Morgan fingerprint density at radius 3 is 2.50 bits per heavy atom. The predicted molar refractivity (Wildman–Crippen MR) is 63.1 cm³/mol. The van der Waals surface area contributed by atoms with Crippen LogP contribution in [0.4, 0.5) is 4.39 Å². The molecule has 0 saturated carbocycles. The maximum atomic E-state index is 13.4. The van der Waals surface area contributed by atoms with Crippen molar-refractivity contribution < 1.29 is 23.4 Å². The minimum absolute atomic E-state index is 0.0956. The summed E-state index contributed by atoms with van der Waals surface area (Å²) in [6.45, 7) is 0.180. The zero-order chi connectivity index (χ0) is 13.5. The van der Waals surface area contributed by atoms with Crippen molar-refractivity contribution in [3.8, 4) is 5.75 Å². The molecule has 0 aliphatic rings. The molecule has 100 valence electrons. The minimum Gasteiger partial charge on any atom is -0.494 e. The summed E-state index contributed by atoms with van der Waals surface area (Å²) in [5, 5.41) is 2.57. The molecule has 6 heteroatoms. The van der Waals surface area contributed by atoms with Gasteiger partial charge in [0.2, 0.25) is 0 Å². The summed E-state index contributed by atoms with van der Waals surface area (Å²) < 4.78 is 28.0. The van der Waals surface area contributed by atoms with E-state index in [1.807, 2.05) is 0 Å². The Morgan fingerprint density at radius 1 is 1.33 bits per heavy atom. The summed E-state index contributed by atoms with van der Waals surface area (Å²) in [6, 6.07) is 3.99. The van der Waals surface area contributed by atoms with Gasteiger partial charge in [0.15, 0.2) is 17.9 Å². The number of amides is 1. The SMILES string of the molecule is COc1ccc(C(=O)NCC(OC)OC)cc1F. The zero-order valence-electron chi connectivity index (χ0n) is 10.5. The molecule has 1 aromatic carbocycles. The van der Waals surface area contributed by atoms with E-state index in [0.29, 0.717) is 0 Å². The molecule has 18 heavy (non-hydrogen) atoms. The second-order valence-electron chi connectivity index (χ2n) is 3.46. The molecule has 0 atom stereocenters. The van der Waals surface area contributed by atoms with E-state index in [0.717, 1.165) is 6.07 Å². The molecular formula is C12H16FNO4. The van der Waals surface area contributed by atoms with Crippen LogP contribution in [0.15, 0.2) is 18.2 Å². The van der Waals surface area contributed by atoms with Crippen molar-refractivity contribution in [3.05, 3.63) is 29.6 Å². The molecule has 0 saturated heterocycles. The van der Waals surface area contributed by atoms with E-state index in [4.69, 9.17) is 14.2 Å². The Balaban J connectivity index is 2.64. The lowest BCUT2D eigenvalue weighted by Gasteiger charge is -2.14. The van der Waals surface area contributed by atoms with Crippen LogP contribution in [0, 0.1) is 5.82 Å². The van der Waals surface area contributed by atoms with Crippen LogP contribution in [-0.2, 0) is 9.47 Å². The fourth-order valence-electron chi connectivity index (χ4n) is 1.35. The number of carbonyl (C=O) groups excluding carboxylic acids is 1. The molecule has 0 fully saturated rings. The van der Waals surface area contributed by atoms with Crippen LogP contribution in [0.3, 0.4) is 0 Å². The highest BCUT2D eigenvalue weighted by molar-refractivity contribution is 5.94. The Kier molecular flexibility index (Phi) is 5.54. The van der Waals surface area contributed by atoms with Crippen molar-refractivity contribution in [1.82, 2.24) is 5.32 Å². The quantitative estimate of drug-likeness (QED) is 0.778. The first-order chi connectivity index (χ1) is 8.62. The molecule has 0 heterocycles. The molecule has 1 amide bonds. The normalized spacial score (nSPS) is 10.5. The summed E-state index contributed by atoms with van der Waals surface area (Å²) in [5.74, 6) is -0.894. The number of halogens is 1. The summed E-state index contributed by atoms with van der Waals surface area (Å²) in [4.78, 5) is 11.7. The molecular weight excluding hydrogens is 241 g/mol. The lowest BCUT2D eigenvalue weighted by Crippen LogP contribution is -2.34. The molecule has 0 aromatic heterocycles. The fraction of sp³-hybridized carbons (Fsp3) is 0.417. The summed E-state index contributed by atoms with van der Waals surface area (Å²) >= 11 is 0. The molecule has 0 aliphatic carbocycles. The number of nitrogens with one attached hydrogen (secondary N) is 1. The average Bonchev–Trinajstić information content (AvgIpc) is 2.39. The Hall–Kier alpha value is -1.66. The van der Waals surface area contributed by atoms with E-state index >= 15 is 0 Å². The van der Waals surface area contributed by atoms with Crippen LogP contribution in [0.25, 0.3) is 0 Å². The van der Waals surface area contributed by atoms with Gasteiger partial charge in [0, 0.05) is 19.8 Å². The first-order valence-electron chi connectivity index (χ1n) is 5.29. The van der Waals surface area contributed by atoms with E-state index in [2.05, 4.69) is 5.32 Å². The van der Waals surface area contributed by atoms with Gasteiger partial charge < -0.3 is 19.5 Å². The maximum absolute atomic E-state index is 13.4. The number of hydrogen-bond acceptors (Lipinski definition) is 4. The van der Waals surface area contributed by atoms with Crippen LogP contribution in [0.5, 0.6) is 5.75 Å². The molecule has 1 N–H and O–H groups in total. The molecule has 5 nitrogen and oxygen atoms in total. The highest BCUT2D eigenvalue weighted by atomic mass is 19.1. The van der Waals surface area contributed by atoms with Gasteiger partial charge in [-0.2, -0.15) is 0 Å². The summed E-state index contributed by atoms with van der Waals surface area (Å²) in [5.41, 5.74) is 0.208. The maximum Gasteiger partial charge on any atom is 0.251 e. The first kappa shape index (κ1) is 14.4. The zero-order valence-corrected chi connectivity index (χ0v) is 10.5. The van der Waals surface area contributed by atoms with Crippen molar-refractivity contribution in [2.75, 3.05) is 27.9 Å². The second kappa shape index (κ2) is 6.93. The Labute approximate surface area is 105 Å². The van der Waals surface area contributed by atoms with Gasteiger partial charge in [-0.05, 0) is 18.2 Å². The molecule has 1 aromatic rings. The van der Waals surface area contributed by atoms with Gasteiger partial charge in [0.1, 0.15) is 0 Å². The van der Waals surface area contributed by atoms with E-state index < -0.39 is 18.0 Å². The third-order valence-electron chi connectivity index (χ3n) is 2.37. The smallest absolute Gasteiger partial charge is 0.251 e. The van der Waals surface area contributed by atoms with E-state index in [9.17, 15) is 9.18 Å². The van der Waals surface area contributed by atoms with E-state index in [1.54, 1.807) is 0 Å². The highest BCUT2D eigenvalue weighted by Gasteiger charge is 2.12. The minimum atomic E-state index is -0.583. The van der Waals surface area contributed by atoms with Crippen molar-refractivity contribution >= 4 is 5.91 Å². The third-order valence-corrected chi connectivity index (χ3v) is 2.37. The van der Waals surface area contributed by atoms with Crippen LogP contribution < -0.4 is 10.1 Å². The van der Waals surface area contributed by atoms with Gasteiger partial charge in [0.05, 0.1) is 13.7 Å². The van der Waals surface area contributed by atoms with Crippen LogP contribution in [0.2, 0.25) is 0 Å². The Bertz CT molecular complexity index is 407. The van der Waals surface area contributed by atoms with Gasteiger partial charge in [-0.25, -0.2) is 4.39 Å². The number of methoxy groups -OCH3 is 3. The summed E-state index contributed by atoms with van der Waals surface area (Å²) in [6.07, 6.45) is -0.531. The van der Waals surface area contributed by atoms with E-state index in [-0.39, 0.29) is 17.9 Å². The third kappa shape index (κ3) is 3.68. The number of ether oxygens (including phenoxy) is 3. The number of carbonyl (C=O) groups is 1. The lowest BCUT2D eigenvalue weighted by atomic mass is 10.2. The van der Waals surface area contributed by atoms with Gasteiger partial charge in [-0.1, -0.05) is 0 Å². The van der Waals surface area contributed by atoms with Crippen LogP contribution in [0.1, 0.15) is 10.4 Å².